The molecule has 1 N–H and O–H groups in total. The lowest BCUT2D eigenvalue weighted by Crippen LogP contribution is -2.29. The minimum absolute atomic E-state index is 0.0614. The third-order valence-electron chi connectivity index (χ3n) is 5.19. The van der Waals surface area contributed by atoms with Gasteiger partial charge in [-0.2, -0.15) is 0 Å². The summed E-state index contributed by atoms with van der Waals surface area (Å²) in [5.74, 6) is -0.640. The molecule has 158 valence electrons. The van der Waals surface area contributed by atoms with Crippen LogP contribution < -0.4 is 14.4 Å². The van der Waals surface area contributed by atoms with Crippen molar-refractivity contribution in [1.29, 1.82) is 0 Å². The van der Waals surface area contributed by atoms with Gasteiger partial charge in [-0.1, -0.05) is 12.1 Å². The van der Waals surface area contributed by atoms with Crippen molar-refractivity contribution in [3.05, 3.63) is 83.3 Å². The first kappa shape index (κ1) is 20.3. The number of aliphatic hydroxyl groups excluding tert-OH is 1. The van der Waals surface area contributed by atoms with Crippen molar-refractivity contribution in [1.82, 2.24) is 0 Å². The van der Waals surface area contributed by atoms with Crippen LogP contribution in [0.3, 0.4) is 0 Å². The fourth-order valence-corrected chi connectivity index (χ4v) is 3.73. The fraction of sp³-hybridized carbons (Fsp3) is 0.167. The largest absolute Gasteiger partial charge is 0.507 e. The Hall–Kier alpha value is -4.00. The smallest absolute Gasteiger partial charge is 0.300 e. The number of rotatable bonds is 5. The molecule has 1 amide bonds. The number of anilines is 1. The summed E-state index contributed by atoms with van der Waals surface area (Å²) < 4.78 is 16.1. The van der Waals surface area contributed by atoms with Crippen molar-refractivity contribution < 1.29 is 28.6 Å². The van der Waals surface area contributed by atoms with Gasteiger partial charge in [-0.25, -0.2) is 0 Å². The zero-order valence-corrected chi connectivity index (χ0v) is 17.3. The van der Waals surface area contributed by atoms with Gasteiger partial charge < -0.3 is 19.0 Å². The van der Waals surface area contributed by atoms with Crippen LogP contribution in [0.15, 0.2) is 70.9 Å². The van der Waals surface area contributed by atoms with Gasteiger partial charge in [0, 0.05) is 11.3 Å². The van der Waals surface area contributed by atoms with Gasteiger partial charge in [0.05, 0.1) is 26.1 Å². The zero-order chi connectivity index (χ0) is 22.1. The molecule has 1 fully saturated rings. The second-order valence-corrected chi connectivity index (χ2v) is 7.09. The highest BCUT2D eigenvalue weighted by Gasteiger charge is 2.48. The molecule has 0 radical (unpaired) electrons. The van der Waals surface area contributed by atoms with Crippen LogP contribution in [-0.4, -0.2) is 31.0 Å². The quantitative estimate of drug-likeness (QED) is 0.378. The summed E-state index contributed by atoms with van der Waals surface area (Å²) in [4.78, 5) is 27.5. The second kappa shape index (κ2) is 8.02. The van der Waals surface area contributed by atoms with E-state index in [9.17, 15) is 14.7 Å². The van der Waals surface area contributed by atoms with E-state index in [1.165, 1.54) is 25.4 Å². The van der Waals surface area contributed by atoms with E-state index in [0.717, 1.165) is 5.56 Å². The second-order valence-electron chi connectivity index (χ2n) is 7.09. The monoisotopic (exact) mass is 419 g/mol. The molecule has 2 aromatic carbocycles. The average Bonchev–Trinajstić information content (AvgIpc) is 3.39. The molecule has 1 aliphatic heterocycles. The number of Topliss-reactive ketones (excluding diaryl/α,β-unsaturated/α-hetero) is 1. The van der Waals surface area contributed by atoms with Gasteiger partial charge in [0.1, 0.15) is 17.6 Å². The lowest BCUT2D eigenvalue weighted by Gasteiger charge is -2.23. The number of nitrogens with zero attached hydrogens (tertiary/aromatic N) is 1. The minimum atomic E-state index is -0.912. The Labute approximate surface area is 179 Å². The molecule has 0 bridgehead atoms. The van der Waals surface area contributed by atoms with Crippen LogP contribution >= 0.6 is 0 Å². The number of ether oxygens (including phenoxy) is 2. The van der Waals surface area contributed by atoms with E-state index in [1.807, 2.05) is 13.0 Å². The van der Waals surface area contributed by atoms with Crippen LogP contribution in [0.2, 0.25) is 0 Å². The van der Waals surface area contributed by atoms with Crippen molar-refractivity contribution in [2.24, 2.45) is 0 Å². The third-order valence-corrected chi connectivity index (χ3v) is 5.19. The van der Waals surface area contributed by atoms with Crippen molar-refractivity contribution in [3.63, 3.8) is 0 Å². The number of carbonyl (C=O) groups is 2. The maximum absolute atomic E-state index is 13.1. The van der Waals surface area contributed by atoms with Gasteiger partial charge in [0.15, 0.2) is 11.5 Å². The zero-order valence-electron chi connectivity index (χ0n) is 17.3. The van der Waals surface area contributed by atoms with E-state index in [4.69, 9.17) is 13.9 Å². The molecule has 1 saturated heterocycles. The SMILES string of the molecule is COc1ccc(/C(O)=C2/C(=O)C(=O)N(c3cccc(C)c3)C2c2ccco2)cc1OC. The number of furan rings is 1. The Morgan fingerprint density at radius 3 is 2.42 bits per heavy atom. The topological polar surface area (TPSA) is 89.2 Å². The Morgan fingerprint density at radius 1 is 1.00 bits per heavy atom. The lowest BCUT2D eigenvalue weighted by molar-refractivity contribution is -0.132. The molecule has 1 unspecified atom stereocenters. The summed E-state index contributed by atoms with van der Waals surface area (Å²) in [5.41, 5.74) is 1.72. The molecule has 1 aliphatic rings. The Bertz CT molecular complexity index is 1180. The molecule has 7 nitrogen and oxygen atoms in total. The first-order valence-corrected chi connectivity index (χ1v) is 9.59. The van der Waals surface area contributed by atoms with Crippen LogP contribution in [0.1, 0.15) is 22.9 Å². The Balaban J connectivity index is 1.91. The molecule has 3 aromatic rings. The summed E-state index contributed by atoms with van der Waals surface area (Å²) >= 11 is 0. The number of ketones is 1. The molecule has 0 spiro atoms. The van der Waals surface area contributed by atoms with E-state index in [2.05, 4.69) is 0 Å². The predicted molar refractivity (Wildman–Crippen MR) is 114 cm³/mol. The van der Waals surface area contributed by atoms with Crippen LogP contribution in [0.5, 0.6) is 11.5 Å². The van der Waals surface area contributed by atoms with Crippen molar-refractivity contribution >= 4 is 23.1 Å². The normalized spacial score (nSPS) is 17.8. The number of aryl methyl sites for hydroxylation is 1. The standard InChI is InChI=1S/C24H21NO6/c1-14-6-4-7-16(12-14)25-21(18-8-5-11-31-18)20(23(27)24(25)28)22(26)15-9-10-17(29-2)19(13-15)30-3/h4-13,21,26H,1-3H3/b22-20-. The van der Waals surface area contributed by atoms with Crippen molar-refractivity contribution in [3.8, 4) is 11.5 Å². The molecule has 2 heterocycles. The molecule has 0 saturated carbocycles. The van der Waals surface area contributed by atoms with Crippen LogP contribution in [-0.2, 0) is 9.59 Å². The van der Waals surface area contributed by atoms with Crippen molar-refractivity contribution in [2.45, 2.75) is 13.0 Å². The van der Waals surface area contributed by atoms with Gasteiger partial charge in [0.2, 0.25) is 0 Å². The number of carbonyl (C=O) groups excluding carboxylic acids is 2. The molecule has 1 aromatic heterocycles. The summed E-state index contributed by atoms with van der Waals surface area (Å²) in [5, 5.41) is 11.1. The van der Waals surface area contributed by atoms with Gasteiger partial charge in [-0.3, -0.25) is 14.5 Å². The highest BCUT2D eigenvalue weighted by atomic mass is 16.5. The number of hydrogen-bond donors (Lipinski definition) is 1. The van der Waals surface area contributed by atoms with E-state index < -0.39 is 17.7 Å². The van der Waals surface area contributed by atoms with Gasteiger partial charge in [-0.05, 0) is 55.0 Å². The molecule has 7 heteroatoms. The molecule has 0 aliphatic carbocycles. The van der Waals surface area contributed by atoms with Crippen LogP contribution in [0, 0.1) is 6.92 Å². The highest BCUT2D eigenvalue weighted by molar-refractivity contribution is 6.51. The number of aliphatic hydroxyl groups is 1. The number of methoxy groups -OCH3 is 2. The van der Waals surface area contributed by atoms with Gasteiger partial charge in [-0.15, -0.1) is 0 Å². The number of benzene rings is 2. The van der Waals surface area contributed by atoms with Crippen LogP contribution in [0.4, 0.5) is 5.69 Å². The van der Waals surface area contributed by atoms with E-state index in [1.54, 1.807) is 48.5 Å². The van der Waals surface area contributed by atoms with E-state index in [-0.39, 0.29) is 11.3 Å². The number of amides is 1. The van der Waals surface area contributed by atoms with Gasteiger partial charge >= 0.3 is 0 Å². The summed E-state index contributed by atoms with van der Waals surface area (Å²) in [6.45, 7) is 1.89. The molecular weight excluding hydrogens is 398 g/mol. The first-order valence-electron chi connectivity index (χ1n) is 9.59. The van der Waals surface area contributed by atoms with E-state index in [0.29, 0.717) is 28.5 Å². The maximum Gasteiger partial charge on any atom is 0.300 e. The summed E-state index contributed by atoms with van der Waals surface area (Å²) in [7, 11) is 2.98. The van der Waals surface area contributed by atoms with Crippen molar-refractivity contribution in [2.75, 3.05) is 19.1 Å². The molecule has 1 atom stereocenters. The number of hydrogen-bond acceptors (Lipinski definition) is 6. The fourth-order valence-electron chi connectivity index (χ4n) is 3.73. The minimum Gasteiger partial charge on any atom is -0.507 e. The summed E-state index contributed by atoms with van der Waals surface area (Å²) in [6.07, 6.45) is 1.46. The highest BCUT2D eigenvalue weighted by Crippen LogP contribution is 2.43. The Kier molecular flexibility index (Phi) is 5.25. The van der Waals surface area contributed by atoms with E-state index >= 15 is 0 Å². The van der Waals surface area contributed by atoms with Gasteiger partial charge in [0.25, 0.3) is 11.7 Å². The first-order chi connectivity index (χ1) is 15.0. The predicted octanol–water partition coefficient (Wildman–Crippen LogP) is 4.23. The summed E-state index contributed by atoms with van der Waals surface area (Å²) in [6, 6.07) is 14.4. The molecular formula is C24H21NO6. The average molecular weight is 419 g/mol. The van der Waals surface area contributed by atoms with Crippen LogP contribution in [0.25, 0.3) is 5.76 Å². The molecule has 31 heavy (non-hydrogen) atoms. The lowest BCUT2D eigenvalue weighted by atomic mass is 9.99. The molecule has 4 rings (SSSR count). The third kappa shape index (κ3) is 3.44. The Morgan fingerprint density at radius 2 is 1.77 bits per heavy atom. The maximum atomic E-state index is 13.1.